The van der Waals surface area contributed by atoms with Gasteiger partial charge in [0.1, 0.15) is 5.82 Å². The third-order valence-electron chi connectivity index (χ3n) is 1.28. The number of halogens is 1. The first kappa shape index (κ1) is 9.19. The van der Waals surface area contributed by atoms with Crippen molar-refractivity contribution in [3.8, 4) is 0 Å². The minimum Gasteiger partial charge on any atom is -0.310 e. The number of hydrogen-bond acceptors (Lipinski definition) is 2. The van der Waals surface area contributed by atoms with Crippen LogP contribution in [0.15, 0.2) is 16.6 Å². The summed E-state index contributed by atoms with van der Waals surface area (Å²) in [4.78, 5) is 14.8. The first-order valence-corrected chi connectivity index (χ1v) is 4.29. The predicted octanol–water partition coefficient (Wildman–Crippen LogP) is 2.11. The Morgan fingerprint density at radius 3 is 2.83 bits per heavy atom. The second-order valence-electron chi connectivity index (χ2n) is 2.46. The van der Waals surface area contributed by atoms with E-state index in [1.807, 2.05) is 19.1 Å². The quantitative estimate of drug-likeness (QED) is 0.801. The number of anilines is 1. The van der Waals surface area contributed by atoms with Gasteiger partial charge in [0.15, 0.2) is 0 Å². The average Bonchev–Trinajstić information content (AvgIpc) is 1.96. The van der Waals surface area contributed by atoms with Crippen LogP contribution in [0.4, 0.5) is 5.82 Å². The van der Waals surface area contributed by atoms with Gasteiger partial charge in [0.25, 0.3) is 0 Å². The third kappa shape index (κ3) is 2.30. The molecule has 0 unspecified atom stereocenters. The van der Waals surface area contributed by atoms with Crippen LogP contribution in [-0.2, 0) is 4.79 Å². The predicted molar refractivity (Wildman–Crippen MR) is 51.0 cm³/mol. The molecular formula is C8H9BrN2O. The Kier molecular flexibility index (Phi) is 2.81. The van der Waals surface area contributed by atoms with Crippen LogP contribution in [0.1, 0.15) is 12.6 Å². The summed E-state index contributed by atoms with van der Waals surface area (Å²) in [5, 5.41) is 2.62. The molecule has 0 aliphatic rings. The molecule has 64 valence electrons. The van der Waals surface area contributed by atoms with E-state index >= 15 is 0 Å². The maximum Gasteiger partial charge on any atom is 0.222 e. The van der Waals surface area contributed by atoms with Crippen LogP contribution in [0.3, 0.4) is 0 Å². The van der Waals surface area contributed by atoms with Crippen molar-refractivity contribution in [3.63, 3.8) is 0 Å². The van der Waals surface area contributed by atoms with Crippen LogP contribution in [0.5, 0.6) is 0 Å². The number of carbonyl (C=O) groups excluding carboxylic acids is 1. The molecule has 0 atom stereocenters. The average molecular weight is 229 g/mol. The zero-order valence-electron chi connectivity index (χ0n) is 6.89. The molecule has 0 spiro atoms. The number of aromatic nitrogens is 1. The number of rotatable bonds is 1. The number of pyridine rings is 1. The first-order valence-electron chi connectivity index (χ1n) is 3.50. The molecule has 1 aromatic heterocycles. The van der Waals surface area contributed by atoms with E-state index in [-0.39, 0.29) is 5.91 Å². The van der Waals surface area contributed by atoms with Crippen LogP contribution in [0, 0.1) is 6.92 Å². The van der Waals surface area contributed by atoms with E-state index in [0.29, 0.717) is 5.82 Å². The van der Waals surface area contributed by atoms with Crippen LogP contribution in [0.2, 0.25) is 0 Å². The first-order chi connectivity index (χ1) is 5.59. The lowest BCUT2D eigenvalue weighted by atomic mass is 10.4. The number of aryl methyl sites for hydroxylation is 1. The minimum absolute atomic E-state index is 0.117. The zero-order chi connectivity index (χ0) is 9.14. The van der Waals surface area contributed by atoms with Gasteiger partial charge >= 0.3 is 0 Å². The smallest absolute Gasteiger partial charge is 0.222 e. The molecule has 0 radical (unpaired) electrons. The zero-order valence-corrected chi connectivity index (χ0v) is 8.47. The van der Waals surface area contributed by atoms with Gasteiger partial charge in [-0.05, 0) is 35.0 Å². The largest absolute Gasteiger partial charge is 0.310 e. The van der Waals surface area contributed by atoms with Gasteiger partial charge in [-0.3, -0.25) is 4.79 Å². The van der Waals surface area contributed by atoms with Crippen LogP contribution in [-0.4, -0.2) is 10.9 Å². The van der Waals surface area contributed by atoms with Crippen molar-refractivity contribution in [3.05, 3.63) is 22.3 Å². The molecule has 0 aliphatic heterocycles. The van der Waals surface area contributed by atoms with E-state index in [1.165, 1.54) is 6.92 Å². The second-order valence-corrected chi connectivity index (χ2v) is 3.32. The monoisotopic (exact) mass is 228 g/mol. The molecule has 3 nitrogen and oxygen atoms in total. The summed E-state index contributed by atoms with van der Waals surface area (Å²) >= 11 is 3.28. The highest BCUT2D eigenvalue weighted by Gasteiger charge is 2.02. The SMILES string of the molecule is CC(=O)Nc1nc(C)ccc1Br. The van der Waals surface area contributed by atoms with Gasteiger partial charge in [0, 0.05) is 12.6 Å². The van der Waals surface area contributed by atoms with E-state index in [0.717, 1.165) is 10.2 Å². The van der Waals surface area contributed by atoms with Crippen molar-refractivity contribution >= 4 is 27.7 Å². The highest BCUT2D eigenvalue weighted by molar-refractivity contribution is 9.10. The molecule has 0 saturated heterocycles. The highest BCUT2D eigenvalue weighted by atomic mass is 79.9. The number of amides is 1. The van der Waals surface area contributed by atoms with Gasteiger partial charge in [-0.2, -0.15) is 0 Å². The van der Waals surface area contributed by atoms with Crippen LogP contribution >= 0.6 is 15.9 Å². The lowest BCUT2D eigenvalue weighted by molar-refractivity contribution is -0.114. The summed E-state index contributed by atoms with van der Waals surface area (Å²) in [6, 6.07) is 3.73. The molecular weight excluding hydrogens is 220 g/mol. The van der Waals surface area contributed by atoms with Crippen molar-refractivity contribution in [2.24, 2.45) is 0 Å². The van der Waals surface area contributed by atoms with Crippen molar-refractivity contribution in [2.75, 3.05) is 5.32 Å². The minimum atomic E-state index is -0.117. The van der Waals surface area contributed by atoms with Gasteiger partial charge in [-0.1, -0.05) is 0 Å². The summed E-state index contributed by atoms with van der Waals surface area (Å²) < 4.78 is 0.795. The standard InChI is InChI=1S/C8H9BrN2O/c1-5-3-4-7(9)8(10-5)11-6(2)12/h3-4H,1-2H3,(H,10,11,12). The molecule has 1 aromatic rings. The Bertz CT molecular complexity index is 312. The van der Waals surface area contributed by atoms with Gasteiger partial charge < -0.3 is 5.32 Å². The number of nitrogens with one attached hydrogen (secondary N) is 1. The summed E-state index contributed by atoms with van der Waals surface area (Å²) in [5.41, 5.74) is 0.877. The summed E-state index contributed by atoms with van der Waals surface area (Å²) in [5.74, 6) is 0.455. The topological polar surface area (TPSA) is 42.0 Å². The number of hydrogen-bond donors (Lipinski definition) is 1. The van der Waals surface area contributed by atoms with Crippen molar-refractivity contribution in [1.82, 2.24) is 4.98 Å². The molecule has 0 fully saturated rings. The van der Waals surface area contributed by atoms with E-state index in [9.17, 15) is 4.79 Å². The van der Waals surface area contributed by atoms with Gasteiger partial charge in [-0.25, -0.2) is 4.98 Å². The molecule has 0 saturated carbocycles. The molecule has 1 rings (SSSR count). The van der Waals surface area contributed by atoms with E-state index in [1.54, 1.807) is 0 Å². The molecule has 0 aromatic carbocycles. The second kappa shape index (κ2) is 3.67. The number of carbonyl (C=O) groups is 1. The van der Waals surface area contributed by atoms with Crippen molar-refractivity contribution in [1.29, 1.82) is 0 Å². The molecule has 1 N–H and O–H groups in total. The molecule has 0 bridgehead atoms. The van der Waals surface area contributed by atoms with Crippen molar-refractivity contribution in [2.45, 2.75) is 13.8 Å². The van der Waals surface area contributed by atoms with Gasteiger partial charge in [-0.15, -0.1) is 0 Å². The fraction of sp³-hybridized carbons (Fsp3) is 0.250. The van der Waals surface area contributed by atoms with Crippen LogP contribution in [0.25, 0.3) is 0 Å². The van der Waals surface area contributed by atoms with E-state index in [2.05, 4.69) is 26.2 Å². The van der Waals surface area contributed by atoms with Gasteiger partial charge in [0.2, 0.25) is 5.91 Å². The normalized spacial score (nSPS) is 9.58. The summed E-state index contributed by atoms with van der Waals surface area (Å²) in [7, 11) is 0. The lowest BCUT2D eigenvalue weighted by Crippen LogP contribution is -2.08. The van der Waals surface area contributed by atoms with E-state index < -0.39 is 0 Å². The molecule has 4 heteroatoms. The van der Waals surface area contributed by atoms with Crippen molar-refractivity contribution < 1.29 is 4.79 Å². The Balaban J connectivity index is 2.97. The van der Waals surface area contributed by atoms with Crippen LogP contribution < -0.4 is 5.32 Å². The fourth-order valence-electron chi connectivity index (χ4n) is 0.794. The fourth-order valence-corrected chi connectivity index (χ4v) is 1.11. The molecule has 1 heterocycles. The Morgan fingerprint density at radius 2 is 2.25 bits per heavy atom. The molecule has 0 aliphatic carbocycles. The maximum atomic E-state index is 10.7. The third-order valence-corrected chi connectivity index (χ3v) is 1.92. The maximum absolute atomic E-state index is 10.7. The van der Waals surface area contributed by atoms with Gasteiger partial charge in [0.05, 0.1) is 4.47 Å². The molecule has 1 amide bonds. The summed E-state index contributed by atoms with van der Waals surface area (Å²) in [6.45, 7) is 3.33. The van der Waals surface area contributed by atoms with E-state index in [4.69, 9.17) is 0 Å². The summed E-state index contributed by atoms with van der Waals surface area (Å²) in [6.07, 6.45) is 0. The lowest BCUT2D eigenvalue weighted by Gasteiger charge is -2.03. The Labute approximate surface area is 79.3 Å². The molecule has 12 heavy (non-hydrogen) atoms. The Hall–Kier alpha value is -0.900. The number of nitrogens with zero attached hydrogens (tertiary/aromatic N) is 1. The Morgan fingerprint density at radius 1 is 1.58 bits per heavy atom. The highest BCUT2D eigenvalue weighted by Crippen LogP contribution is 2.19.